The number of ether oxygens (including phenoxy) is 6. The quantitative estimate of drug-likeness (QED) is 0.138. The van der Waals surface area contributed by atoms with Crippen molar-refractivity contribution in [2.75, 3.05) is 33.7 Å². The maximum Gasteiger partial charge on any atom is 0.509 e. The zero-order chi connectivity index (χ0) is 34.5. The highest BCUT2D eigenvalue weighted by Crippen LogP contribution is 2.72. The Labute approximate surface area is 271 Å². The van der Waals surface area contributed by atoms with E-state index in [-0.39, 0.29) is 43.1 Å². The second kappa shape index (κ2) is 12.8. The molecule has 19 heteroatoms. The van der Waals surface area contributed by atoms with Crippen LogP contribution in [0.1, 0.15) is 53.5 Å². The van der Waals surface area contributed by atoms with Crippen LogP contribution in [0.15, 0.2) is 6.33 Å². The van der Waals surface area contributed by atoms with Crippen molar-refractivity contribution < 1.29 is 51.9 Å². The number of anilines is 1. The Kier molecular flexibility index (Phi) is 9.47. The number of methoxy groups -OCH3 is 3. The van der Waals surface area contributed by atoms with E-state index in [1.807, 2.05) is 27.7 Å². The molecule has 4 heterocycles. The summed E-state index contributed by atoms with van der Waals surface area (Å²) in [7, 11) is -0.380. The summed E-state index contributed by atoms with van der Waals surface area (Å²) < 4.78 is 55.2. The molecule has 3 aliphatic rings. The first-order valence-electron chi connectivity index (χ1n) is 15.2. The lowest BCUT2D eigenvalue weighted by Crippen LogP contribution is -2.46. The molecule has 18 nitrogen and oxygen atoms in total. The van der Waals surface area contributed by atoms with Crippen LogP contribution in [0.2, 0.25) is 0 Å². The van der Waals surface area contributed by atoms with E-state index in [0.29, 0.717) is 11.2 Å². The summed E-state index contributed by atoms with van der Waals surface area (Å²) in [5.41, 5.74) is 4.11. The van der Waals surface area contributed by atoms with E-state index in [2.05, 4.69) is 25.1 Å². The van der Waals surface area contributed by atoms with Crippen molar-refractivity contribution in [1.29, 1.82) is 0 Å². The van der Waals surface area contributed by atoms with Gasteiger partial charge in [0.2, 0.25) is 17.4 Å². The molecular weight excluding hydrogens is 641 g/mol. The second-order valence-electron chi connectivity index (χ2n) is 12.8. The third kappa shape index (κ3) is 6.12. The summed E-state index contributed by atoms with van der Waals surface area (Å²) in [6.07, 6.45) is -0.887. The molecule has 2 aliphatic heterocycles. The second-order valence-corrected chi connectivity index (χ2v) is 14.7. The number of fused-ring (bicyclic) bond motifs is 1. The van der Waals surface area contributed by atoms with Crippen LogP contribution in [0.25, 0.3) is 11.2 Å². The number of rotatable bonds is 15. The molecule has 2 aromatic heterocycles. The number of carbonyl (C=O) groups excluding carboxylic acids is 3. The number of nitrogens with two attached hydrogens (primary N) is 1. The van der Waals surface area contributed by atoms with E-state index in [0.717, 1.165) is 0 Å². The SMILES string of the molecule is COC(=O)C(CC(C)C)NP(=O)(NC(CC(C)C)C(=O)OC)OCC1OC2(C)C(n3cnc4c(OC)nc(N)nc43)C23OC(=O)OC13. The van der Waals surface area contributed by atoms with Gasteiger partial charge in [-0.1, -0.05) is 27.7 Å². The van der Waals surface area contributed by atoms with E-state index in [4.69, 9.17) is 38.7 Å². The molecule has 0 amide bonds. The number of nitrogen functional groups attached to an aromatic ring is 1. The number of nitrogens with zero attached hydrogens (tertiary/aromatic N) is 4. The summed E-state index contributed by atoms with van der Waals surface area (Å²) in [5.74, 6) is -1.20. The van der Waals surface area contributed by atoms with Crippen LogP contribution in [0.4, 0.5) is 10.7 Å². The lowest BCUT2D eigenvalue weighted by Gasteiger charge is -2.30. The smallest absolute Gasteiger partial charge is 0.479 e. The monoisotopic (exact) mass is 683 g/mol. The minimum atomic E-state index is -4.25. The number of hydrogen-bond acceptors (Lipinski definition) is 15. The van der Waals surface area contributed by atoms with Crippen LogP contribution in [0.3, 0.4) is 0 Å². The van der Waals surface area contributed by atoms with Crippen molar-refractivity contribution in [3.05, 3.63) is 6.33 Å². The highest BCUT2D eigenvalue weighted by Gasteiger charge is 2.92. The van der Waals surface area contributed by atoms with Crippen LogP contribution in [-0.4, -0.2) is 101 Å². The minimum absolute atomic E-state index is 0.00373. The lowest BCUT2D eigenvalue weighted by atomic mass is 10.1. The maximum atomic E-state index is 14.5. The molecule has 0 aromatic carbocycles. The number of hydrogen-bond donors (Lipinski definition) is 3. The van der Waals surface area contributed by atoms with Crippen molar-refractivity contribution in [3.63, 3.8) is 0 Å². The van der Waals surface area contributed by atoms with E-state index < -0.39 is 67.3 Å². The average molecular weight is 684 g/mol. The highest BCUT2D eigenvalue weighted by atomic mass is 31.2. The molecule has 4 N–H and O–H groups in total. The van der Waals surface area contributed by atoms with Crippen LogP contribution < -0.4 is 20.6 Å². The fraction of sp³-hybridized carbons (Fsp3) is 0.714. The van der Waals surface area contributed by atoms with Crippen LogP contribution >= 0.6 is 7.67 Å². The molecule has 47 heavy (non-hydrogen) atoms. The van der Waals surface area contributed by atoms with Crippen molar-refractivity contribution in [2.24, 2.45) is 11.8 Å². The molecule has 1 spiro atoms. The Morgan fingerprint density at radius 2 is 1.66 bits per heavy atom. The van der Waals surface area contributed by atoms with Gasteiger partial charge in [-0.25, -0.2) is 20.0 Å². The summed E-state index contributed by atoms with van der Waals surface area (Å²) in [6, 6.07) is -2.73. The van der Waals surface area contributed by atoms with Gasteiger partial charge in [0.1, 0.15) is 29.8 Å². The molecule has 0 bridgehead atoms. The van der Waals surface area contributed by atoms with Crippen molar-refractivity contribution in [1.82, 2.24) is 29.7 Å². The molecule has 3 fully saturated rings. The van der Waals surface area contributed by atoms with Gasteiger partial charge in [-0.3, -0.25) is 14.2 Å². The van der Waals surface area contributed by atoms with Crippen LogP contribution in [0.5, 0.6) is 5.88 Å². The average Bonchev–Trinajstić information content (AvgIpc) is 3.37. The fourth-order valence-electron chi connectivity index (χ4n) is 6.62. The van der Waals surface area contributed by atoms with E-state index in [1.165, 1.54) is 27.7 Å². The molecule has 260 valence electrons. The van der Waals surface area contributed by atoms with Gasteiger partial charge < -0.3 is 43.2 Å². The number of esters is 2. The van der Waals surface area contributed by atoms with Crippen LogP contribution in [-0.2, 0) is 42.4 Å². The summed E-state index contributed by atoms with van der Waals surface area (Å²) >= 11 is 0. The Morgan fingerprint density at radius 3 is 2.19 bits per heavy atom. The molecule has 5 rings (SSSR count). The third-order valence-corrected chi connectivity index (χ3v) is 10.4. The molecule has 1 aliphatic carbocycles. The first-order chi connectivity index (χ1) is 22.1. The summed E-state index contributed by atoms with van der Waals surface area (Å²) in [4.78, 5) is 50.8. The Bertz CT molecular complexity index is 1550. The number of nitrogens with one attached hydrogen (secondary N) is 2. The van der Waals surface area contributed by atoms with Crippen molar-refractivity contribution >= 4 is 42.9 Å². The number of imidazole rings is 1. The van der Waals surface area contributed by atoms with E-state index >= 15 is 0 Å². The zero-order valence-corrected chi connectivity index (χ0v) is 28.4. The van der Waals surface area contributed by atoms with Crippen LogP contribution in [0, 0.1) is 11.8 Å². The zero-order valence-electron chi connectivity index (χ0n) is 27.5. The van der Waals surface area contributed by atoms with Crippen molar-refractivity contribution in [2.45, 2.75) is 89.0 Å². The Hall–Kier alpha value is -3.57. The molecule has 2 aromatic rings. The maximum absolute atomic E-state index is 14.5. The van der Waals surface area contributed by atoms with Gasteiger partial charge in [0.05, 0.1) is 34.3 Å². The van der Waals surface area contributed by atoms with Gasteiger partial charge in [-0.05, 0) is 31.6 Å². The predicted octanol–water partition coefficient (Wildman–Crippen LogP) is 1.88. The fourth-order valence-corrected chi connectivity index (χ4v) is 8.44. The summed E-state index contributed by atoms with van der Waals surface area (Å²) in [5, 5.41) is 5.56. The highest BCUT2D eigenvalue weighted by molar-refractivity contribution is 7.54. The molecule has 0 radical (unpaired) electrons. The van der Waals surface area contributed by atoms with Gasteiger partial charge in [0.25, 0.3) is 0 Å². The van der Waals surface area contributed by atoms with Gasteiger partial charge in [0, 0.05) is 0 Å². The van der Waals surface area contributed by atoms with Gasteiger partial charge >= 0.3 is 25.8 Å². The Morgan fingerprint density at radius 1 is 1.06 bits per heavy atom. The molecule has 7 unspecified atom stereocenters. The third-order valence-electron chi connectivity index (χ3n) is 8.59. The topological polar surface area (TPSA) is 227 Å². The number of aromatic nitrogens is 4. The minimum Gasteiger partial charge on any atom is -0.479 e. The molecule has 2 saturated heterocycles. The van der Waals surface area contributed by atoms with Gasteiger partial charge in [-0.2, -0.15) is 9.97 Å². The standard InChI is InChI=1S/C28H42N7O11P/c1-13(2)9-15(22(36)41-7)33-47(39,34-16(10-14(3)4)23(37)42-8)43-11-17-19-28(46-26(38)44-19)24(27(28,5)45-17)35-12-30-18-20(35)31-25(29)32-21(18)40-6/h12-17,19,24H,9-11H2,1-8H3,(H2,29,31,32)(H2,33,34,39). The van der Waals surface area contributed by atoms with Gasteiger partial charge in [0.15, 0.2) is 17.3 Å². The van der Waals surface area contributed by atoms with Gasteiger partial charge in [-0.15, -0.1) is 0 Å². The normalized spacial score (nSPS) is 28.6. The lowest BCUT2D eigenvalue weighted by molar-refractivity contribution is -0.143. The first kappa shape index (κ1) is 34.8. The first-order valence-corrected chi connectivity index (χ1v) is 16.8. The largest absolute Gasteiger partial charge is 0.509 e. The number of carbonyl (C=O) groups is 3. The molecule has 7 atom stereocenters. The van der Waals surface area contributed by atoms with E-state index in [9.17, 15) is 18.9 Å². The molecule has 1 saturated carbocycles. The van der Waals surface area contributed by atoms with E-state index in [1.54, 1.807) is 11.5 Å². The predicted molar refractivity (Wildman–Crippen MR) is 163 cm³/mol. The Balaban J connectivity index is 1.42. The summed E-state index contributed by atoms with van der Waals surface area (Å²) in [6.45, 7) is 8.89. The van der Waals surface area contributed by atoms with Crippen molar-refractivity contribution in [3.8, 4) is 5.88 Å². The molecular formula is C28H42N7O11P.